The van der Waals surface area contributed by atoms with Crippen LogP contribution >= 0.6 is 11.8 Å². The molecular formula is C23H24N6O2S. The molecule has 0 aliphatic heterocycles. The van der Waals surface area contributed by atoms with Gasteiger partial charge in [0.15, 0.2) is 11.6 Å². The van der Waals surface area contributed by atoms with Crippen LogP contribution in [0.1, 0.15) is 34.8 Å². The number of carbonyl (C=O) groups is 1. The van der Waals surface area contributed by atoms with Gasteiger partial charge in [-0.15, -0.1) is 5.10 Å². The summed E-state index contributed by atoms with van der Waals surface area (Å²) in [6, 6.07) is 14.0. The van der Waals surface area contributed by atoms with Gasteiger partial charge in [-0.3, -0.25) is 9.89 Å². The Morgan fingerprint density at radius 1 is 1.06 bits per heavy atom. The molecule has 0 saturated carbocycles. The molecule has 8 nitrogen and oxygen atoms in total. The third-order valence-electron chi connectivity index (χ3n) is 4.85. The maximum Gasteiger partial charge on any atom is 0.227 e. The predicted octanol–water partition coefficient (Wildman–Crippen LogP) is 4.64. The van der Waals surface area contributed by atoms with Crippen molar-refractivity contribution >= 4 is 23.4 Å². The number of anilines is 1. The van der Waals surface area contributed by atoms with Crippen molar-refractivity contribution in [2.45, 2.75) is 44.5 Å². The molecule has 0 radical (unpaired) electrons. The number of carbonyl (C=O) groups excluding carboxylic acids is 1. The number of aryl methyl sites for hydroxylation is 4. The minimum absolute atomic E-state index is 0.0876. The van der Waals surface area contributed by atoms with Crippen molar-refractivity contribution in [1.82, 2.24) is 25.3 Å². The van der Waals surface area contributed by atoms with E-state index < -0.39 is 0 Å². The van der Waals surface area contributed by atoms with E-state index in [0.717, 1.165) is 28.2 Å². The van der Waals surface area contributed by atoms with Gasteiger partial charge in [-0.1, -0.05) is 64.4 Å². The highest BCUT2D eigenvalue weighted by atomic mass is 32.2. The van der Waals surface area contributed by atoms with Crippen LogP contribution in [0.2, 0.25) is 0 Å². The average Bonchev–Trinajstić information content (AvgIpc) is 3.43. The van der Waals surface area contributed by atoms with Crippen LogP contribution < -0.4 is 5.32 Å². The lowest BCUT2D eigenvalue weighted by Crippen LogP contribution is -2.13. The van der Waals surface area contributed by atoms with Crippen molar-refractivity contribution in [2.24, 2.45) is 0 Å². The SMILES string of the molecule is Cc1ccc(-c2nc(SCc3noc(CCC(=O)Nc4ccc(C)cc4C)n3)n[nH]2)cc1. The summed E-state index contributed by atoms with van der Waals surface area (Å²) in [5.74, 6) is 2.09. The van der Waals surface area contributed by atoms with E-state index in [1.54, 1.807) is 0 Å². The number of benzene rings is 2. The lowest BCUT2D eigenvalue weighted by atomic mass is 10.1. The number of rotatable bonds is 8. The standard InChI is InChI=1S/C23H24N6O2S/c1-14-4-7-17(8-5-14)22-26-23(28-27-22)32-13-19-25-21(31-29-19)11-10-20(30)24-18-9-6-15(2)12-16(18)3/h4-9,12H,10-11,13H2,1-3H3,(H,24,30)(H,26,27,28). The van der Waals surface area contributed by atoms with Crippen molar-refractivity contribution in [2.75, 3.05) is 5.32 Å². The second kappa shape index (κ2) is 9.78. The molecule has 0 bridgehead atoms. The van der Waals surface area contributed by atoms with Crippen molar-refractivity contribution in [3.63, 3.8) is 0 Å². The van der Waals surface area contributed by atoms with Gasteiger partial charge >= 0.3 is 0 Å². The lowest BCUT2D eigenvalue weighted by Gasteiger charge is -2.08. The van der Waals surface area contributed by atoms with E-state index in [2.05, 4.69) is 30.6 Å². The van der Waals surface area contributed by atoms with Gasteiger partial charge in [-0.2, -0.15) is 4.98 Å². The van der Waals surface area contributed by atoms with E-state index in [1.165, 1.54) is 17.3 Å². The van der Waals surface area contributed by atoms with E-state index in [9.17, 15) is 4.79 Å². The molecule has 2 N–H and O–H groups in total. The molecule has 0 spiro atoms. The third-order valence-corrected chi connectivity index (χ3v) is 5.70. The molecule has 164 valence electrons. The Hall–Kier alpha value is -3.46. The Balaban J connectivity index is 1.26. The molecule has 0 aliphatic rings. The third kappa shape index (κ3) is 5.61. The zero-order valence-corrected chi connectivity index (χ0v) is 19.0. The fourth-order valence-electron chi connectivity index (χ4n) is 3.12. The maximum absolute atomic E-state index is 12.3. The topological polar surface area (TPSA) is 110 Å². The first kappa shape index (κ1) is 21.8. The Morgan fingerprint density at radius 2 is 1.84 bits per heavy atom. The van der Waals surface area contributed by atoms with Gasteiger partial charge in [0.25, 0.3) is 0 Å². The van der Waals surface area contributed by atoms with Gasteiger partial charge < -0.3 is 9.84 Å². The molecule has 4 rings (SSSR count). The van der Waals surface area contributed by atoms with E-state index in [4.69, 9.17) is 4.52 Å². The first-order chi connectivity index (χ1) is 15.5. The molecule has 2 aromatic carbocycles. The molecule has 0 saturated heterocycles. The lowest BCUT2D eigenvalue weighted by molar-refractivity contribution is -0.116. The fraction of sp³-hybridized carbons (Fsp3) is 0.261. The van der Waals surface area contributed by atoms with Crippen LogP contribution in [0.25, 0.3) is 11.4 Å². The van der Waals surface area contributed by atoms with E-state index >= 15 is 0 Å². The number of hydrogen-bond donors (Lipinski definition) is 2. The van der Waals surface area contributed by atoms with Crippen LogP contribution in [-0.4, -0.2) is 31.2 Å². The number of nitrogens with one attached hydrogen (secondary N) is 2. The van der Waals surface area contributed by atoms with Gasteiger partial charge in [0.2, 0.25) is 17.0 Å². The maximum atomic E-state index is 12.3. The van der Waals surface area contributed by atoms with Gasteiger partial charge in [0.1, 0.15) is 0 Å². The van der Waals surface area contributed by atoms with Gasteiger partial charge in [0, 0.05) is 24.1 Å². The number of aromatic nitrogens is 5. The minimum atomic E-state index is -0.0876. The summed E-state index contributed by atoms with van der Waals surface area (Å²) in [7, 11) is 0. The van der Waals surface area contributed by atoms with Crippen LogP contribution in [0.4, 0.5) is 5.69 Å². The second-order valence-corrected chi connectivity index (χ2v) is 8.53. The molecule has 0 unspecified atom stereocenters. The number of H-pyrrole nitrogens is 1. The molecule has 9 heteroatoms. The van der Waals surface area contributed by atoms with Gasteiger partial charge in [-0.05, 0) is 32.4 Å². The number of aromatic amines is 1. The van der Waals surface area contributed by atoms with Crippen molar-refractivity contribution in [3.8, 4) is 11.4 Å². The van der Waals surface area contributed by atoms with E-state index in [-0.39, 0.29) is 12.3 Å². The second-order valence-electron chi connectivity index (χ2n) is 7.59. The molecule has 0 atom stereocenters. The molecule has 1 amide bonds. The molecule has 32 heavy (non-hydrogen) atoms. The number of thioether (sulfide) groups is 1. The highest BCUT2D eigenvalue weighted by molar-refractivity contribution is 7.98. The molecule has 4 aromatic rings. The average molecular weight is 449 g/mol. The predicted molar refractivity (Wildman–Crippen MR) is 123 cm³/mol. The molecular weight excluding hydrogens is 424 g/mol. The first-order valence-corrected chi connectivity index (χ1v) is 11.3. The first-order valence-electron chi connectivity index (χ1n) is 10.3. The van der Waals surface area contributed by atoms with Crippen LogP contribution in [-0.2, 0) is 17.0 Å². The quantitative estimate of drug-likeness (QED) is 0.378. The zero-order valence-electron chi connectivity index (χ0n) is 18.2. The molecule has 2 aromatic heterocycles. The van der Waals surface area contributed by atoms with Crippen LogP contribution in [0.5, 0.6) is 0 Å². The minimum Gasteiger partial charge on any atom is -0.339 e. The summed E-state index contributed by atoms with van der Waals surface area (Å²) < 4.78 is 5.28. The van der Waals surface area contributed by atoms with Crippen LogP contribution in [0.15, 0.2) is 52.1 Å². The number of amides is 1. The van der Waals surface area contributed by atoms with Gasteiger partial charge in [0.05, 0.1) is 5.75 Å². The smallest absolute Gasteiger partial charge is 0.227 e. The van der Waals surface area contributed by atoms with Gasteiger partial charge in [-0.25, -0.2) is 4.98 Å². The Morgan fingerprint density at radius 3 is 2.62 bits per heavy atom. The van der Waals surface area contributed by atoms with E-state index in [1.807, 2.05) is 63.2 Å². The Labute approximate surface area is 190 Å². The summed E-state index contributed by atoms with van der Waals surface area (Å²) in [5.41, 5.74) is 5.19. The summed E-state index contributed by atoms with van der Waals surface area (Å²) >= 11 is 1.42. The summed E-state index contributed by atoms with van der Waals surface area (Å²) in [6.07, 6.45) is 0.648. The number of hydrogen-bond acceptors (Lipinski definition) is 7. The monoisotopic (exact) mass is 448 g/mol. The zero-order chi connectivity index (χ0) is 22.5. The molecule has 2 heterocycles. The highest BCUT2D eigenvalue weighted by Crippen LogP contribution is 2.22. The number of nitrogens with zero attached hydrogens (tertiary/aromatic N) is 4. The largest absolute Gasteiger partial charge is 0.339 e. The normalized spacial score (nSPS) is 11.0. The van der Waals surface area contributed by atoms with E-state index in [0.29, 0.717) is 29.0 Å². The van der Waals surface area contributed by atoms with Crippen molar-refractivity contribution in [3.05, 3.63) is 70.9 Å². The Bertz CT molecular complexity index is 1220. The fourth-order valence-corrected chi connectivity index (χ4v) is 3.76. The summed E-state index contributed by atoms with van der Waals surface area (Å²) in [6.45, 7) is 6.04. The highest BCUT2D eigenvalue weighted by Gasteiger charge is 2.12. The van der Waals surface area contributed by atoms with Crippen molar-refractivity contribution in [1.29, 1.82) is 0 Å². The van der Waals surface area contributed by atoms with Crippen LogP contribution in [0, 0.1) is 20.8 Å². The van der Waals surface area contributed by atoms with Crippen LogP contribution in [0.3, 0.4) is 0 Å². The molecule has 0 aliphatic carbocycles. The summed E-state index contributed by atoms with van der Waals surface area (Å²) in [4.78, 5) is 21.1. The van der Waals surface area contributed by atoms with Crippen molar-refractivity contribution < 1.29 is 9.32 Å². The Kier molecular flexibility index (Phi) is 6.65. The summed E-state index contributed by atoms with van der Waals surface area (Å²) in [5, 5.41) is 14.7. The molecule has 0 fully saturated rings.